The van der Waals surface area contributed by atoms with E-state index in [0.29, 0.717) is 15.9 Å². The molecule has 4 heteroatoms. The molecule has 0 aliphatic heterocycles. The maximum atomic E-state index is 13.4. The molecule has 0 aliphatic rings. The lowest BCUT2D eigenvalue weighted by atomic mass is 10.2. The van der Waals surface area contributed by atoms with Gasteiger partial charge in [-0.15, -0.1) is 0 Å². The zero-order valence-corrected chi connectivity index (χ0v) is 11.0. The summed E-state index contributed by atoms with van der Waals surface area (Å²) in [4.78, 5) is 8.49. The fraction of sp³-hybridized carbons (Fsp3) is 0.231. The Morgan fingerprint density at radius 1 is 1.24 bits per heavy atom. The normalized spacial score (nSPS) is 10.5. The predicted octanol–water partition coefficient (Wildman–Crippen LogP) is 4.00. The van der Waals surface area contributed by atoms with Gasteiger partial charge in [-0.1, -0.05) is 13.3 Å². The Kier molecular flexibility index (Phi) is 3.84. The number of nitrogens with zero attached hydrogens (tertiary/aromatic N) is 2. The molecule has 17 heavy (non-hydrogen) atoms. The van der Waals surface area contributed by atoms with E-state index in [0.717, 1.165) is 18.4 Å². The molecule has 0 fully saturated rings. The summed E-state index contributed by atoms with van der Waals surface area (Å²) in [5, 5.41) is 0. The Morgan fingerprint density at radius 3 is 2.53 bits per heavy atom. The SMILES string of the molecule is CCCc1cnc(-c2ccc(Br)c(F)c2)nc1. The average Bonchev–Trinajstić information content (AvgIpc) is 2.34. The molecule has 88 valence electrons. The van der Waals surface area contributed by atoms with Crippen molar-refractivity contribution in [3.63, 3.8) is 0 Å². The Balaban J connectivity index is 2.30. The van der Waals surface area contributed by atoms with E-state index in [1.165, 1.54) is 6.07 Å². The number of benzene rings is 1. The first-order chi connectivity index (χ1) is 8.20. The quantitative estimate of drug-likeness (QED) is 0.855. The largest absolute Gasteiger partial charge is 0.236 e. The second-order valence-electron chi connectivity index (χ2n) is 3.79. The molecule has 0 saturated carbocycles. The Morgan fingerprint density at radius 2 is 1.94 bits per heavy atom. The molecule has 2 nitrogen and oxygen atoms in total. The molecular formula is C13H12BrFN2. The third-order valence-electron chi connectivity index (χ3n) is 2.42. The van der Waals surface area contributed by atoms with Crippen LogP contribution < -0.4 is 0 Å². The van der Waals surface area contributed by atoms with Gasteiger partial charge in [0.2, 0.25) is 0 Å². The Labute approximate surface area is 108 Å². The van der Waals surface area contributed by atoms with E-state index >= 15 is 0 Å². The highest BCUT2D eigenvalue weighted by atomic mass is 79.9. The minimum absolute atomic E-state index is 0.302. The Hall–Kier alpha value is -1.29. The van der Waals surface area contributed by atoms with Crippen LogP contribution in [0.15, 0.2) is 35.1 Å². The van der Waals surface area contributed by atoms with Crippen LogP contribution in [0, 0.1) is 5.82 Å². The van der Waals surface area contributed by atoms with Crippen LogP contribution in [0.4, 0.5) is 4.39 Å². The van der Waals surface area contributed by atoms with Crippen LogP contribution in [-0.4, -0.2) is 9.97 Å². The predicted molar refractivity (Wildman–Crippen MR) is 69.1 cm³/mol. The lowest BCUT2D eigenvalue weighted by Crippen LogP contribution is -1.93. The summed E-state index contributed by atoms with van der Waals surface area (Å²) in [6.45, 7) is 2.11. The molecule has 0 spiro atoms. The summed E-state index contributed by atoms with van der Waals surface area (Å²) in [6.07, 6.45) is 5.63. The lowest BCUT2D eigenvalue weighted by Gasteiger charge is -2.02. The van der Waals surface area contributed by atoms with Gasteiger partial charge in [0, 0.05) is 18.0 Å². The summed E-state index contributed by atoms with van der Waals surface area (Å²) < 4.78 is 13.8. The first kappa shape index (κ1) is 12.2. The van der Waals surface area contributed by atoms with Gasteiger partial charge in [-0.3, -0.25) is 0 Å². The average molecular weight is 295 g/mol. The van der Waals surface area contributed by atoms with Gasteiger partial charge in [0.25, 0.3) is 0 Å². The molecule has 0 amide bonds. The van der Waals surface area contributed by atoms with Crippen LogP contribution in [0.1, 0.15) is 18.9 Å². The van der Waals surface area contributed by atoms with E-state index in [9.17, 15) is 4.39 Å². The zero-order valence-electron chi connectivity index (χ0n) is 9.45. The van der Waals surface area contributed by atoms with E-state index < -0.39 is 0 Å². The van der Waals surface area contributed by atoms with Gasteiger partial charge in [-0.25, -0.2) is 14.4 Å². The zero-order chi connectivity index (χ0) is 12.3. The third-order valence-corrected chi connectivity index (χ3v) is 3.06. The smallest absolute Gasteiger partial charge is 0.159 e. The first-order valence-corrected chi connectivity index (χ1v) is 6.26. The number of hydrogen-bond acceptors (Lipinski definition) is 2. The summed E-state index contributed by atoms with van der Waals surface area (Å²) in [7, 11) is 0. The van der Waals surface area contributed by atoms with Gasteiger partial charge < -0.3 is 0 Å². The number of hydrogen-bond donors (Lipinski definition) is 0. The van der Waals surface area contributed by atoms with Crippen LogP contribution in [0.25, 0.3) is 11.4 Å². The minimum Gasteiger partial charge on any atom is -0.236 e. The van der Waals surface area contributed by atoms with Crippen molar-refractivity contribution in [2.24, 2.45) is 0 Å². The van der Waals surface area contributed by atoms with Crippen molar-refractivity contribution in [2.75, 3.05) is 0 Å². The summed E-state index contributed by atoms with van der Waals surface area (Å²) >= 11 is 3.12. The molecule has 0 bridgehead atoms. The monoisotopic (exact) mass is 294 g/mol. The van der Waals surface area contributed by atoms with Crippen molar-refractivity contribution < 1.29 is 4.39 Å². The fourth-order valence-corrected chi connectivity index (χ4v) is 1.80. The maximum Gasteiger partial charge on any atom is 0.159 e. The van der Waals surface area contributed by atoms with E-state index in [4.69, 9.17) is 0 Å². The van der Waals surface area contributed by atoms with Crippen LogP contribution in [0.2, 0.25) is 0 Å². The summed E-state index contributed by atoms with van der Waals surface area (Å²) in [5.74, 6) is 0.250. The number of halogens is 2. The molecule has 0 unspecified atom stereocenters. The minimum atomic E-state index is -0.302. The van der Waals surface area contributed by atoms with Gasteiger partial charge in [0.15, 0.2) is 5.82 Å². The van der Waals surface area contributed by atoms with Crippen molar-refractivity contribution in [2.45, 2.75) is 19.8 Å². The molecule has 1 heterocycles. The highest BCUT2D eigenvalue weighted by molar-refractivity contribution is 9.10. The topological polar surface area (TPSA) is 25.8 Å². The van der Waals surface area contributed by atoms with Crippen molar-refractivity contribution in [1.29, 1.82) is 0 Å². The second kappa shape index (κ2) is 5.36. The molecule has 2 aromatic rings. The van der Waals surface area contributed by atoms with Crippen LogP contribution in [0.5, 0.6) is 0 Å². The van der Waals surface area contributed by atoms with Crippen molar-refractivity contribution in [3.8, 4) is 11.4 Å². The molecule has 0 saturated heterocycles. The van der Waals surface area contributed by atoms with Crippen molar-refractivity contribution in [1.82, 2.24) is 9.97 Å². The van der Waals surface area contributed by atoms with E-state index in [-0.39, 0.29) is 5.82 Å². The molecule has 1 aromatic carbocycles. The molecule has 0 atom stereocenters. The summed E-state index contributed by atoms with van der Waals surface area (Å²) in [5.41, 5.74) is 1.79. The van der Waals surface area contributed by atoms with E-state index in [2.05, 4.69) is 32.8 Å². The fourth-order valence-electron chi connectivity index (χ4n) is 1.56. The molecule has 2 rings (SSSR count). The van der Waals surface area contributed by atoms with Gasteiger partial charge in [0.05, 0.1) is 4.47 Å². The van der Waals surface area contributed by atoms with Gasteiger partial charge in [-0.2, -0.15) is 0 Å². The van der Waals surface area contributed by atoms with Crippen molar-refractivity contribution in [3.05, 3.63) is 46.4 Å². The van der Waals surface area contributed by atoms with E-state index in [1.807, 2.05) is 0 Å². The Bertz CT molecular complexity index is 511. The van der Waals surface area contributed by atoms with E-state index in [1.54, 1.807) is 24.5 Å². The van der Waals surface area contributed by atoms with Gasteiger partial charge in [-0.05, 0) is 46.1 Å². The third kappa shape index (κ3) is 2.88. The summed E-state index contributed by atoms with van der Waals surface area (Å²) in [6, 6.07) is 4.88. The second-order valence-corrected chi connectivity index (χ2v) is 4.65. The number of rotatable bonds is 3. The highest BCUT2D eigenvalue weighted by Crippen LogP contribution is 2.21. The molecule has 0 aliphatic carbocycles. The molecule has 1 aromatic heterocycles. The van der Waals surface area contributed by atoms with Gasteiger partial charge >= 0.3 is 0 Å². The van der Waals surface area contributed by atoms with Crippen LogP contribution in [-0.2, 0) is 6.42 Å². The standard InChI is InChI=1S/C13H12BrFN2/c1-2-3-9-7-16-13(17-8-9)10-4-5-11(14)12(15)6-10/h4-8H,2-3H2,1H3. The first-order valence-electron chi connectivity index (χ1n) is 5.47. The molecule has 0 radical (unpaired) electrons. The number of aryl methyl sites for hydroxylation is 1. The molecular weight excluding hydrogens is 283 g/mol. The number of aromatic nitrogens is 2. The lowest BCUT2D eigenvalue weighted by molar-refractivity contribution is 0.621. The van der Waals surface area contributed by atoms with Crippen LogP contribution in [0.3, 0.4) is 0 Å². The molecule has 0 N–H and O–H groups in total. The van der Waals surface area contributed by atoms with Crippen LogP contribution >= 0.6 is 15.9 Å². The highest BCUT2D eigenvalue weighted by Gasteiger charge is 2.05. The van der Waals surface area contributed by atoms with Gasteiger partial charge in [0.1, 0.15) is 5.82 Å². The van der Waals surface area contributed by atoms with Crippen molar-refractivity contribution >= 4 is 15.9 Å². The maximum absolute atomic E-state index is 13.4.